The summed E-state index contributed by atoms with van der Waals surface area (Å²) in [6.45, 7) is 0. The molecule has 0 rings (SSSR count). The Kier molecular flexibility index (Phi) is 60.1. The number of rotatable bonds is 0. The summed E-state index contributed by atoms with van der Waals surface area (Å²) in [5, 5.41) is 14.8. The van der Waals surface area contributed by atoms with E-state index in [4.69, 9.17) is 15.3 Å². The summed E-state index contributed by atoms with van der Waals surface area (Å²) in [6, 6.07) is 0. The monoisotopic (exact) mass is 212 g/mol. The summed E-state index contributed by atoms with van der Waals surface area (Å²) in [7, 11) is 0. The van der Waals surface area contributed by atoms with Gasteiger partial charge in [-0.2, -0.15) is 0 Å². The Morgan fingerprint density at radius 1 is 1.29 bits per heavy atom. The van der Waals surface area contributed by atoms with Crippen molar-refractivity contribution in [2.24, 2.45) is 0 Å². The summed E-state index contributed by atoms with van der Waals surface area (Å²) in [5.74, 6) is 0. The van der Waals surface area contributed by atoms with Gasteiger partial charge < -0.3 is 20.8 Å². The first-order valence-electron chi connectivity index (χ1n) is 0.548. The van der Waals surface area contributed by atoms with Crippen molar-refractivity contribution in [1.82, 2.24) is 0 Å². The Morgan fingerprint density at radius 2 is 1.29 bits per heavy atom. The van der Waals surface area contributed by atoms with E-state index in [1.54, 1.807) is 0 Å². The molecule has 5 nitrogen and oxygen atoms in total. The van der Waals surface area contributed by atoms with Crippen molar-refractivity contribution in [2.75, 3.05) is 0 Å². The molecule has 0 heterocycles. The van der Waals surface area contributed by atoms with Crippen molar-refractivity contribution in [2.45, 2.75) is 0 Å². The van der Waals surface area contributed by atoms with Crippen molar-refractivity contribution >= 4 is 17.4 Å². The zero-order valence-corrected chi connectivity index (χ0v) is 5.60. The van der Waals surface area contributed by atoms with E-state index in [0.29, 0.717) is 0 Å². The van der Waals surface area contributed by atoms with Crippen LogP contribution in [0.1, 0.15) is 0 Å². The van der Waals surface area contributed by atoms with E-state index in [1.165, 1.54) is 0 Å². The molecular weight excluding hydrogens is 213 g/mol. The van der Waals surface area contributed by atoms with Crippen LogP contribution >= 0.6 is 0 Å². The Balaban J connectivity index is -0.0000000150. The van der Waals surface area contributed by atoms with Crippen LogP contribution in [-0.2, 0) is 27.9 Å². The molecule has 0 aliphatic rings. The van der Waals surface area contributed by atoms with Crippen LogP contribution < -0.4 is 0 Å². The fourth-order valence-electron chi connectivity index (χ4n) is 0. The number of nitrogens with zero attached hydrogens (tertiary/aromatic N) is 1. The molecule has 0 aromatic carbocycles. The molecule has 0 fully saturated rings. The van der Waals surface area contributed by atoms with E-state index in [9.17, 15) is 0 Å². The normalized spacial score (nSPS) is 3.43. The quantitative estimate of drug-likeness (QED) is 0.301. The van der Waals surface area contributed by atoms with Crippen molar-refractivity contribution in [3.05, 3.63) is 15.3 Å². The van der Waals surface area contributed by atoms with Gasteiger partial charge in [0, 0.05) is 0 Å². The van der Waals surface area contributed by atoms with Crippen molar-refractivity contribution in [3.8, 4) is 0 Å². The molecule has 0 unspecified atom stereocenters. The molecule has 0 aromatic heterocycles. The molecule has 0 amide bonds. The van der Waals surface area contributed by atoms with Crippen LogP contribution in [0, 0.1) is 15.3 Å². The van der Waals surface area contributed by atoms with Crippen LogP contribution in [0.4, 0.5) is 0 Å². The minimum absolute atomic E-state index is 0. The minimum Gasteiger partial charge on any atom is -2.00 e. The summed E-state index contributed by atoms with van der Waals surface area (Å²) in [6.07, 6.45) is 0. The van der Waals surface area contributed by atoms with Gasteiger partial charge >= 0.3 is 39.7 Å². The topological polar surface area (TPSA) is 94.7 Å². The summed E-state index contributed by atoms with van der Waals surface area (Å²) in [5.41, 5.74) is 0. The summed E-state index contributed by atoms with van der Waals surface area (Å²) < 4.78 is 0. The summed E-state index contributed by atoms with van der Waals surface area (Å²) in [4.78, 5) is 8.25. The van der Waals surface area contributed by atoms with E-state index in [1.807, 2.05) is 0 Å². The SMILES string of the molecule is O=[N+]([O-])[O-].[Ag+].[Al+3].[O-2]. The van der Waals surface area contributed by atoms with E-state index < -0.39 is 5.09 Å². The Labute approximate surface area is 65.8 Å². The molecule has 0 atom stereocenters. The largest absolute Gasteiger partial charge is 3.00 e. The molecule has 0 saturated heterocycles. The van der Waals surface area contributed by atoms with Gasteiger partial charge in [0.25, 0.3) is 0 Å². The maximum atomic E-state index is 8.25. The van der Waals surface area contributed by atoms with Crippen LogP contribution in [0.25, 0.3) is 0 Å². The van der Waals surface area contributed by atoms with Crippen LogP contribution in [0.15, 0.2) is 0 Å². The molecule has 0 radical (unpaired) electrons. The third-order valence-electron chi connectivity index (χ3n) is 0. The maximum Gasteiger partial charge on any atom is 3.00 e. The van der Waals surface area contributed by atoms with Crippen LogP contribution in [0.3, 0.4) is 0 Å². The maximum absolute atomic E-state index is 8.25. The van der Waals surface area contributed by atoms with Gasteiger partial charge in [-0.05, 0) is 0 Å². The van der Waals surface area contributed by atoms with Crippen molar-refractivity contribution in [3.63, 3.8) is 0 Å². The van der Waals surface area contributed by atoms with Crippen molar-refractivity contribution in [1.29, 1.82) is 0 Å². The molecular formula is AgAlNO4+. The Hall–Kier alpha value is 0.433. The predicted molar refractivity (Wildman–Crippen MR) is 16.8 cm³/mol. The molecule has 0 spiro atoms. The molecule has 0 aromatic rings. The van der Waals surface area contributed by atoms with Gasteiger partial charge in [0.15, 0.2) is 0 Å². The summed E-state index contributed by atoms with van der Waals surface area (Å²) >= 11 is 0. The standard InChI is InChI=1S/Ag.Al.NO3.O/c;;2-1(3)4;/q+1;+3;-1;-2. The fourth-order valence-corrected chi connectivity index (χ4v) is 0. The van der Waals surface area contributed by atoms with Crippen molar-refractivity contribution < 1.29 is 32.9 Å². The molecule has 7 heavy (non-hydrogen) atoms. The minimum atomic E-state index is -1.75. The molecule has 0 aliphatic carbocycles. The average Bonchev–Trinajstić information content (AvgIpc) is 0.811. The van der Waals surface area contributed by atoms with E-state index >= 15 is 0 Å². The van der Waals surface area contributed by atoms with E-state index in [-0.39, 0.29) is 45.2 Å². The average molecular weight is 213 g/mol. The molecule has 7 heteroatoms. The van der Waals surface area contributed by atoms with Gasteiger partial charge in [-0.15, -0.1) is 0 Å². The van der Waals surface area contributed by atoms with Gasteiger partial charge in [0.05, 0.1) is 5.09 Å². The zero-order valence-electron chi connectivity index (χ0n) is 2.96. The molecule has 0 aliphatic heterocycles. The Bertz CT molecular complexity index is 34.7. The van der Waals surface area contributed by atoms with Gasteiger partial charge in [0.1, 0.15) is 0 Å². The van der Waals surface area contributed by atoms with Crippen LogP contribution in [0.5, 0.6) is 0 Å². The molecule has 0 bridgehead atoms. The smallest absolute Gasteiger partial charge is 2.00 e. The molecule has 0 saturated carbocycles. The van der Waals surface area contributed by atoms with Crippen LogP contribution in [-0.4, -0.2) is 22.4 Å². The first-order valence-corrected chi connectivity index (χ1v) is 0.548. The number of hydrogen-bond acceptors (Lipinski definition) is 3. The second-order valence-corrected chi connectivity index (χ2v) is 0.224. The number of hydrogen-bond donors (Lipinski definition) is 0. The second kappa shape index (κ2) is 16.1. The van der Waals surface area contributed by atoms with Gasteiger partial charge in [-0.25, -0.2) is 0 Å². The Morgan fingerprint density at radius 3 is 1.29 bits per heavy atom. The van der Waals surface area contributed by atoms with Gasteiger partial charge in [-0.3, -0.25) is 0 Å². The molecule has 42 valence electrons. The third-order valence-corrected chi connectivity index (χ3v) is 0. The van der Waals surface area contributed by atoms with Crippen LogP contribution in [0.2, 0.25) is 0 Å². The van der Waals surface area contributed by atoms with Gasteiger partial charge in [-0.1, -0.05) is 0 Å². The van der Waals surface area contributed by atoms with E-state index in [0.717, 1.165) is 0 Å². The third kappa shape index (κ3) is 675. The molecule has 0 N–H and O–H groups in total. The first-order chi connectivity index (χ1) is 1.73. The van der Waals surface area contributed by atoms with Gasteiger partial charge in [0.2, 0.25) is 0 Å². The fraction of sp³-hybridized carbons (Fsp3) is 0. The first kappa shape index (κ1) is 26.1. The predicted octanol–water partition coefficient (Wildman–Crippen LogP) is -0.741. The van der Waals surface area contributed by atoms with E-state index in [2.05, 4.69) is 0 Å². The zero-order chi connectivity index (χ0) is 3.58. The second-order valence-electron chi connectivity index (χ2n) is 0.224.